The van der Waals surface area contributed by atoms with Gasteiger partial charge in [-0.25, -0.2) is 4.39 Å². The van der Waals surface area contributed by atoms with Crippen molar-refractivity contribution in [2.75, 3.05) is 6.61 Å². The van der Waals surface area contributed by atoms with E-state index < -0.39 is 15.9 Å². The van der Waals surface area contributed by atoms with Crippen LogP contribution in [0.25, 0.3) is 6.08 Å². The minimum Gasteiger partial charge on any atom is -0.494 e. The molecule has 0 aliphatic carbocycles. The van der Waals surface area contributed by atoms with E-state index in [1.807, 2.05) is 6.92 Å². The van der Waals surface area contributed by atoms with Crippen LogP contribution < -0.4 is 13.7 Å². The highest BCUT2D eigenvalue weighted by Crippen LogP contribution is 2.35. The third-order valence-corrected chi connectivity index (χ3v) is 5.70. The van der Waals surface area contributed by atoms with Crippen molar-refractivity contribution in [3.63, 3.8) is 0 Å². The largest absolute Gasteiger partial charge is 0.494 e. The summed E-state index contributed by atoms with van der Waals surface area (Å²) >= 11 is 0. The van der Waals surface area contributed by atoms with Crippen LogP contribution in [0.15, 0.2) is 77.4 Å². The van der Waals surface area contributed by atoms with Crippen molar-refractivity contribution in [2.45, 2.75) is 11.8 Å². The summed E-state index contributed by atoms with van der Waals surface area (Å²) in [5.74, 6) is 0.104. The van der Waals surface area contributed by atoms with Crippen molar-refractivity contribution in [1.82, 2.24) is 0 Å². The number of hydrogen-bond donors (Lipinski definition) is 0. The fourth-order valence-electron chi connectivity index (χ4n) is 2.97. The molecular formula is C23H17FO6S. The summed E-state index contributed by atoms with van der Waals surface area (Å²) < 4.78 is 53.9. The normalized spacial score (nSPS) is 14.3. The molecule has 0 atom stereocenters. The Labute approximate surface area is 178 Å². The highest BCUT2D eigenvalue weighted by Gasteiger charge is 2.28. The molecule has 3 aromatic rings. The molecule has 6 nitrogen and oxygen atoms in total. The van der Waals surface area contributed by atoms with Crippen LogP contribution in [-0.2, 0) is 10.1 Å². The van der Waals surface area contributed by atoms with E-state index in [0.29, 0.717) is 12.2 Å². The van der Waals surface area contributed by atoms with Crippen LogP contribution in [-0.4, -0.2) is 20.8 Å². The molecule has 0 aromatic heterocycles. The first-order valence-electron chi connectivity index (χ1n) is 9.37. The first-order chi connectivity index (χ1) is 14.9. The lowest BCUT2D eigenvalue weighted by Crippen LogP contribution is -2.09. The van der Waals surface area contributed by atoms with Crippen LogP contribution in [0.3, 0.4) is 0 Å². The van der Waals surface area contributed by atoms with Gasteiger partial charge in [-0.3, -0.25) is 4.79 Å². The van der Waals surface area contributed by atoms with E-state index in [1.54, 1.807) is 30.3 Å². The maximum atomic E-state index is 13.0. The van der Waals surface area contributed by atoms with Gasteiger partial charge in [-0.2, -0.15) is 8.42 Å². The van der Waals surface area contributed by atoms with Crippen molar-refractivity contribution in [3.8, 4) is 17.2 Å². The zero-order valence-corrected chi connectivity index (χ0v) is 17.2. The van der Waals surface area contributed by atoms with Gasteiger partial charge in [-0.05, 0) is 67.1 Å². The smallest absolute Gasteiger partial charge is 0.339 e. The van der Waals surface area contributed by atoms with Crippen LogP contribution in [0.5, 0.6) is 17.2 Å². The molecule has 3 aromatic carbocycles. The van der Waals surface area contributed by atoms with Gasteiger partial charge in [-0.15, -0.1) is 0 Å². The molecular weight excluding hydrogens is 423 g/mol. The molecule has 0 saturated carbocycles. The number of fused-ring (bicyclic) bond motifs is 1. The number of Topliss-reactive ketones (excluding diaryl/α,β-unsaturated/α-hetero) is 1. The predicted octanol–water partition coefficient (Wildman–Crippen LogP) is 4.61. The van der Waals surface area contributed by atoms with Crippen LogP contribution in [0.2, 0.25) is 0 Å². The zero-order chi connectivity index (χ0) is 22.0. The number of benzene rings is 3. The Morgan fingerprint density at radius 3 is 2.32 bits per heavy atom. The van der Waals surface area contributed by atoms with Gasteiger partial charge < -0.3 is 13.7 Å². The molecule has 1 aliphatic heterocycles. The van der Waals surface area contributed by atoms with E-state index in [-0.39, 0.29) is 27.9 Å². The van der Waals surface area contributed by atoms with Crippen molar-refractivity contribution in [1.29, 1.82) is 0 Å². The van der Waals surface area contributed by atoms with E-state index in [4.69, 9.17) is 13.7 Å². The molecule has 0 radical (unpaired) electrons. The number of hydrogen-bond acceptors (Lipinski definition) is 6. The number of rotatable bonds is 6. The number of halogens is 1. The molecule has 1 heterocycles. The van der Waals surface area contributed by atoms with E-state index in [9.17, 15) is 17.6 Å². The Kier molecular flexibility index (Phi) is 5.48. The third kappa shape index (κ3) is 4.44. The maximum absolute atomic E-state index is 13.0. The fourth-order valence-corrected chi connectivity index (χ4v) is 3.90. The standard InChI is InChI=1S/C23H17FO6S/c1-2-28-17-7-3-15(4-8-17)13-22-23(25)20-12-9-18(14-21(20)29-22)30-31(26,27)19-10-5-16(24)6-11-19/h3-14H,2H2,1H3/b22-13-. The minimum absolute atomic E-state index is 0.0295. The summed E-state index contributed by atoms with van der Waals surface area (Å²) in [5, 5.41) is 0. The number of ether oxygens (including phenoxy) is 2. The summed E-state index contributed by atoms with van der Waals surface area (Å²) in [6.07, 6.45) is 1.59. The fraction of sp³-hybridized carbons (Fsp3) is 0.0870. The summed E-state index contributed by atoms with van der Waals surface area (Å²) in [6, 6.07) is 15.6. The van der Waals surface area contributed by atoms with E-state index in [1.165, 1.54) is 18.2 Å². The lowest BCUT2D eigenvalue weighted by molar-refractivity contribution is 0.101. The van der Waals surface area contributed by atoms with Crippen molar-refractivity contribution in [2.24, 2.45) is 0 Å². The van der Waals surface area contributed by atoms with Gasteiger partial charge in [0.15, 0.2) is 5.76 Å². The second-order valence-corrected chi connectivity index (χ2v) is 8.14. The second-order valence-electron chi connectivity index (χ2n) is 6.59. The number of carbonyl (C=O) groups is 1. The molecule has 0 saturated heterocycles. The molecule has 31 heavy (non-hydrogen) atoms. The Morgan fingerprint density at radius 1 is 0.968 bits per heavy atom. The second kappa shape index (κ2) is 8.23. The topological polar surface area (TPSA) is 78.9 Å². The monoisotopic (exact) mass is 440 g/mol. The molecule has 1 aliphatic rings. The molecule has 8 heteroatoms. The van der Waals surface area contributed by atoms with Crippen LogP contribution in [0.1, 0.15) is 22.8 Å². The van der Waals surface area contributed by atoms with E-state index in [0.717, 1.165) is 35.6 Å². The molecule has 0 bridgehead atoms. The Morgan fingerprint density at radius 2 is 1.65 bits per heavy atom. The van der Waals surface area contributed by atoms with Crippen molar-refractivity contribution >= 4 is 22.0 Å². The lowest BCUT2D eigenvalue weighted by Gasteiger charge is -2.08. The molecule has 0 spiro atoms. The lowest BCUT2D eigenvalue weighted by atomic mass is 10.1. The van der Waals surface area contributed by atoms with Crippen LogP contribution in [0.4, 0.5) is 4.39 Å². The predicted molar refractivity (Wildman–Crippen MR) is 111 cm³/mol. The highest BCUT2D eigenvalue weighted by atomic mass is 32.2. The molecule has 158 valence electrons. The van der Waals surface area contributed by atoms with Gasteiger partial charge in [0, 0.05) is 6.07 Å². The van der Waals surface area contributed by atoms with Gasteiger partial charge in [-0.1, -0.05) is 12.1 Å². The molecule has 0 N–H and O–H groups in total. The van der Waals surface area contributed by atoms with Gasteiger partial charge in [0.25, 0.3) is 0 Å². The number of allylic oxidation sites excluding steroid dienone is 1. The van der Waals surface area contributed by atoms with Crippen molar-refractivity contribution in [3.05, 3.63) is 89.4 Å². The number of ketones is 1. The first-order valence-corrected chi connectivity index (χ1v) is 10.8. The average Bonchev–Trinajstić information content (AvgIpc) is 3.04. The zero-order valence-electron chi connectivity index (χ0n) is 16.4. The van der Waals surface area contributed by atoms with E-state index in [2.05, 4.69) is 0 Å². The third-order valence-electron chi connectivity index (χ3n) is 4.44. The van der Waals surface area contributed by atoms with Crippen LogP contribution >= 0.6 is 0 Å². The minimum atomic E-state index is -4.17. The Bertz CT molecular complexity index is 1260. The quantitative estimate of drug-likeness (QED) is 0.412. The molecule has 0 unspecified atom stereocenters. The highest BCUT2D eigenvalue weighted by molar-refractivity contribution is 7.87. The summed E-state index contributed by atoms with van der Waals surface area (Å²) in [4.78, 5) is 12.4. The Hall–Kier alpha value is -3.65. The van der Waals surface area contributed by atoms with Gasteiger partial charge >= 0.3 is 10.1 Å². The summed E-state index contributed by atoms with van der Waals surface area (Å²) in [7, 11) is -4.17. The van der Waals surface area contributed by atoms with Gasteiger partial charge in [0.1, 0.15) is 28.0 Å². The van der Waals surface area contributed by atoms with E-state index >= 15 is 0 Å². The molecule has 0 amide bonds. The summed E-state index contributed by atoms with van der Waals surface area (Å²) in [5.41, 5.74) is 1.04. The number of carbonyl (C=O) groups excluding carboxylic acids is 1. The molecule has 0 fully saturated rings. The summed E-state index contributed by atoms with van der Waals surface area (Å²) in [6.45, 7) is 2.44. The van der Waals surface area contributed by atoms with Gasteiger partial charge in [0.05, 0.1) is 12.2 Å². The average molecular weight is 440 g/mol. The van der Waals surface area contributed by atoms with Crippen LogP contribution in [0, 0.1) is 5.82 Å². The SMILES string of the molecule is CCOc1ccc(/C=C2\Oc3cc(OS(=O)(=O)c4ccc(F)cc4)ccc3C2=O)cc1. The van der Waals surface area contributed by atoms with Crippen molar-refractivity contribution < 1.29 is 31.3 Å². The first kappa shape index (κ1) is 20.6. The maximum Gasteiger partial charge on any atom is 0.339 e. The molecule has 4 rings (SSSR count). The van der Waals surface area contributed by atoms with Gasteiger partial charge in [0.2, 0.25) is 5.78 Å². The Balaban J connectivity index is 1.54.